The summed E-state index contributed by atoms with van der Waals surface area (Å²) in [5.74, 6) is 0. The minimum atomic E-state index is 0.0174. The Bertz CT molecular complexity index is 567. The van der Waals surface area contributed by atoms with Crippen molar-refractivity contribution in [2.45, 2.75) is 39.2 Å². The van der Waals surface area contributed by atoms with Gasteiger partial charge in [-0.2, -0.15) is 0 Å². The topological polar surface area (TPSA) is 50.8 Å². The molecule has 2 saturated heterocycles. The predicted octanol–water partition coefficient (Wildman–Crippen LogP) is 3.28. The van der Waals surface area contributed by atoms with E-state index in [1.807, 2.05) is 4.90 Å². The highest BCUT2D eigenvalue weighted by atomic mass is 16.5. The van der Waals surface area contributed by atoms with Crippen LogP contribution in [0.5, 0.6) is 0 Å². The molecule has 1 N–H and O–H groups in total. The molecule has 2 amide bonds. The predicted molar refractivity (Wildman–Crippen MR) is 97.6 cm³/mol. The fraction of sp³-hybridized carbons (Fsp3) is 0.650. The summed E-state index contributed by atoms with van der Waals surface area (Å²) in [7, 11) is 0. The third-order valence-corrected chi connectivity index (χ3v) is 5.47. The number of nitrogens with one attached hydrogen (secondary N) is 1. The third kappa shape index (κ3) is 4.53. The van der Waals surface area contributed by atoms with Crippen molar-refractivity contribution in [3.8, 4) is 0 Å². The molecule has 2 aliphatic heterocycles. The number of hydrogen-bond acceptors (Lipinski definition) is 3. The van der Waals surface area contributed by atoms with Crippen LogP contribution in [0.3, 0.4) is 0 Å². The average molecular weight is 346 g/mol. The molecule has 5 nitrogen and oxygen atoms in total. The molecule has 1 unspecified atom stereocenters. The number of hydrogen-bond donors (Lipinski definition) is 1. The van der Waals surface area contributed by atoms with Gasteiger partial charge in [0.05, 0.1) is 19.3 Å². The van der Waals surface area contributed by atoms with Crippen molar-refractivity contribution in [1.82, 2.24) is 10.2 Å². The van der Waals surface area contributed by atoms with E-state index in [1.54, 1.807) is 0 Å². The van der Waals surface area contributed by atoms with E-state index in [4.69, 9.17) is 9.47 Å². The fourth-order valence-corrected chi connectivity index (χ4v) is 3.73. The van der Waals surface area contributed by atoms with Gasteiger partial charge in [-0.3, -0.25) is 0 Å². The molecule has 2 fully saturated rings. The van der Waals surface area contributed by atoms with Gasteiger partial charge in [0.2, 0.25) is 0 Å². The van der Waals surface area contributed by atoms with E-state index in [0.29, 0.717) is 13.2 Å². The van der Waals surface area contributed by atoms with E-state index in [-0.39, 0.29) is 17.5 Å². The molecule has 0 aliphatic carbocycles. The van der Waals surface area contributed by atoms with Crippen LogP contribution >= 0.6 is 0 Å². The molecule has 1 aromatic rings. The summed E-state index contributed by atoms with van der Waals surface area (Å²) in [6.07, 6.45) is 2.80. The van der Waals surface area contributed by atoms with Crippen molar-refractivity contribution in [3.05, 3.63) is 35.4 Å². The highest BCUT2D eigenvalue weighted by Gasteiger charge is 2.38. The Morgan fingerprint density at radius 3 is 2.60 bits per heavy atom. The molecule has 1 atom stereocenters. The number of urea groups is 1. The average Bonchev–Trinajstić information content (AvgIpc) is 2.84. The van der Waals surface area contributed by atoms with Gasteiger partial charge >= 0.3 is 6.03 Å². The SMILES string of the molecule is CCC(NC(=O)N1CCOCC2(CCOCC2)C1)c1ccc(C)cc1. The van der Waals surface area contributed by atoms with Gasteiger partial charge in [-0.05, 0) is 31.7 Å². The summed E-state index contributed by atoms with van der Waals surface area (Å²) in [6, 6.07) is 8.47. The van der Waals surface area contributed by atoms with Crippen molar-refractivity contribution in [3.63, 3.8) is 0 Å². The lowest BCUT2D eigenvalue weighted by atomic mass is 9.80. The summed E-state index contributed by atoms with van der Waals surface area (Å²) in [6.45, 7) is 8.46. The molecule has 138 valence electrons. The molecule has 2 aliphatic rings. The van der Waals surface area contributed by atoms with Gasteiger partial charge in [-0.25, -0.2) is 4.79 Å². The molecule has 5 heteroatoms. The van der Waals surface area contributed by atoms with Crippen LogP contribution in [-0.2, 0) is 9.47 Å². The third-order valence-electron chi connectivity index (χ3n) is 5.47. The molecule has 0 aromatic heterocycles. The standard InChI is InChI=1S/C20H30N2O3/c1-3-18(17-6-4-16(2)5-7-17)21-19(23)22-10-13-25-15-20(14-22)8-11-24-12-9-20/h4-7,18H,3,8-15H2,1-2H3,(H,21,23). The number of carbonyl (C=O) groups excluding carboxylic acids is 1. The number of aryl methyl sites for hydroxylation is 1. The normalized spacial score (nSPS) is 21.6. The lowest BCUT2D eigenvalue weighted by Crippen LogP contribution is -2.48. The first kappa shape index (κ1) is 18.2. The maximum absolute atomic E-state index is 12.9. The highest BCUT2D eigenvalue weighted by molar-refractivity contribution is 5.75. The second kappa shape index (κ2) is 8.19. The Balaban J connectivity index is 1.66. The van der Waals surface area contributed by atoms with Crippen molar-refractivity contribution >= 4 is 6.03 Å². The molecule has 0 radical (unpaired) electrons. The van der Waals surface area contributed by atoms with Crippen LogP contribution < -0.4 is 5.32 Å². The van der Waals surface area contributed by atoms with Gasteiger partial charge in [0.1, 0.15) is 0 Å². The highest BCUT2D eigenvalue weighted by Crippen LogP contribution is 2.33. The number of amides is 2. The van der Waals surface area contributed by atoms with E-state index < -0.39 is 0 Å². The first-order valence-corrected chi connectivity index (χ1v) is 9.39. The quantitative estimate of drug-likeness (QED) is 0.914. The van der Waals surface area contributed by atoms with E-state index >= 15 is 0 Å². The van der Waals surface area contributed by atoms with Crippen LogP contribution in [0.4, 0.5) is 4.79 Å². The Labute approximate surface area is 150 Å². The van der Waals surface area contributed by atoms with Crippen molar-refractivity contribution < 1.29 is 14.3 Å². The Kier molecular flexibility index (Phi) is 5.97. The van der Waals surface area contributed by atoms with E-state index in [2.05, 4.69) is 43.4 Å². The summed E-state index contributed by atoms with van der Waals surface area (Å²) < 4.78 is 11.3. The van der Waals surface area contributed by atoms with Crippen LogP contribution in [0, 0.1) is 12.3 Å². The van der Waals surface area contributed by atoms with Crippen LogP contribution in [-0.4, -0.2) is 50.4 Å². The number of carbonyl (C=O) groups is 1. The van der Waals surface area contributed by atoms with E-state index in [0.717, 1.165) is 51.2 Å². The molecule has 0 bridgehead atoms. The molecular formula is C20H30N2O3. The van der Waals surface area contributed by atoms with Crippen LogP contribution in [0.2, 0.25) is 0 Å². The zero-order valence-corrected chi connectivity index (χ0v) is 15.4. The lowest BCUT2D eigenvalue weighted by molar-refractivity contribution is -0.0295. The second-order valence-corrected chi connectivity index (χ2v) is 7.41. The molecule has 25 heavy (non-hydrogen) atoms. The molecule has 1 spiro atoms. The van der Waals surface area contributed by atoms with Crippen molar-refractivity contribution in [2.75, 3.05) is 39.5 Å². The zero-order chi connectivity index (χ0) is 17.7. The zero-order valence-electron chi connectivity index (χ0n) is 15.4. The number of benzene rings is 1. The summed E-state index contributed by atoms with van der Waals surface area (Å²) in [4.78, 5) is 14.9. The van der Waals surface area contributed by atoms with Gasteiger partial charge in [-0.15, -0.1) is 0 Å². The van der Waals surface area contributed by atoms with Crippen LogP contribution in [0.15, 0.2) is 24.3 Å². The summed E-state index contributed by atoms with van der Waals surface area (Å²) >= 11 is 0. The molecule has 0 saturated carbocycles. The van der Waals surface area contributed by atoms with Crippen LogP contribution in [0.1, 0.15) is 43.4 Å². The van der Waals surface area contributed by atoms with Crippen molar-refractivity contribution in [2.24, 2.45) is 5.41 Å². The monoisotopic (exact) mass is 346 g/mol. The number of rotatable bonds is 3. The largest absolute Gasteiger partial charge is 0.381 e. The molecule has 3 rings (SSSR count). The fourth-order valence-electron chi connectivity index (χ4n) is 3.73. The number of nitrogens with zero attached hydrogens (tertiary/aromatic N) is 1. The minimum Gasteiger partial charge on any atom is -0.381 e. The summed E-state index contributed by atoms with van der Waals surface area (Å²) in [5.41, 5.74) is 2.45. The van der Waals surface area contributed by atoms with Gasteiger partial charge < -0.3 is 19.7 Å². The Morgan fingerprint density at radius 2 is 1.92 bits per heavy atom. The molecular weight excluding hydrogens is 316 g/mol. The smallest absolute Gasteiger partial charge is 0.317 e. The maximum Gasteiger partial charge on any atom is 0.317 e. The van der Waals surface area contributed by atoms with Gasteiger partial charge in [0, 0.05) is 31.7 Å². The van der Waals surface area contributed by atoms with Gasteiger partial charge in [0.25, 0.3) is 0 Å². The first-order valence-electron chi connectivity index (χ1n) is 9.39. The molecule has 2 heterocycles. The Hall–Kier alpha value is -1.59. The van der Waals surface area contributed by atoms with E-state index in [1.165, 1.54) is 5.56 Å². The maximum atomic E-state index is 12.9. The van der Waals surface area contributed by atoms with Gasteiger partial charge in [-0.1, -0.05) is 36.8 Å². The molecule has 1 aromatic carbocycles. The van der Waals surface area contributed by atoms with E-state index in [9.17, 15) is 4.79 Å². The minimum absolute atomic E-state index is 0.0174. The van der Waals surface area contributed by atoms with Gasteiger partial charge in [0.15, 0.2) is 0 Å². The second-order valence-electron chi connectivity index (χ2n) is 7.41. The lowest BCUT2D eigenvalue weighted by Gasteiger charge is -2.38. The first-order chi connectivity index (χ1) is 12.1. The Morgan fingerprint density at radius 1 is 1.20 bits per heavy atom. The van der Waals surface area contributed by atoms with Crippen LogP contribution in [0.25, 0.3) is 0 Å². The summed E-state index contributed by atoms with van der Waals surface area (Å²) in [5, 5.41) is 3.22. The van der Waals surface area contributed by atoms with Crippen molar-refractivity contribution in [1.29, 1.82) is 0 Å². The number of ether oxygens (including phenoxy) is 2.